The second-order valence-electron chi connectivity index (χ2n) is 5.32. The van der Waals surface area contributed by atoms with Gasteiger partial charge in [-0.1, -0.05) is 11.6 Å². The van der Waals surface area contributed by atoms with E-state index in [2.05, 4.69) is 0 Å². The summed E-state index contributed by atoms with van der Waals surface area (Å²) in [4.78, 5) is 35.3. The van der Waals surface area contributed by atoms with E-state index < -0.39 is 16.2 Å². The van der Waals surface area contributed by atoms with Crippen LogP contribution in [0.1, 0.15) is 23.7 Å². The third-order valence-electron chi connectivity index (χ3n) is 3.75. The van der Waals surface area contributed by atoms with Crippen LogP contribution in [0.25, 0.3) is 0 Å². The minimum atomic E-state index is -0.736. The highest BCUT2D eigenvalue weighted by Crippen LogP contribution is 2.31. The molecule has 1 heterocycles. The first-order chi connectivity index (χ1) is 9.74. The van der Waals surface area contributed by atoms with Gasteiger partial charge in [0, 0.05) is 24.7 Å². The number of likely N-dealkylation sites (tertiary alicyclic amines) is 1. The van der Waals surface area contributed by atoms with E-state index in [9.17, 15) is 19.7 Å². The number of hydrogen-bond donors (Lipinski definition) is 1. The number of rotatable bonds is 3. The van der Waals surface area contributed by atoms with Crippen LogP contribution in [-0.2, 0) is 4.79 Å². The van der Waals surface area contributed by atoms with Gasteiger partial charge < -0.3 is 10.6 Å². The lowest BCUT2D eigenvalue weighted by atomic mass is 9.89. The molecule has 1 saturated heterocycles. The van der Waals surface area contributed by atoms with E-state index in [-0.39, 0.29) is 28.7 Å². The van der Waals surface area contributed by atoms with Gasteiger partial charge >= 0.3 is 0 Å². The number of carbonyl (C=O) groups excluding carboxylic acids is 2. The lowest BCUT2D eigenvalue weighted by molar-refractivity contribution is -0.384. The van der Waals surface area contributed by atoms with E-state index in [0.29, 0.717) is 13.0 Å². The van der Waals surface area contributed by atoms with Gasteiger partial charge in [0.2, 0.25) is 5.91 Å². The molecule has 1 aromatic carbocycles. The molecule has 2 N–H and O–H groups in total. The van der Waals surface area contributed by atoms with Gasteiger partial charge in [0.05, 0.1) is 10.3 Å². The Morgan fingerprint density at radius 2 is 2.14 bits per heavy atom. The van der Waals surface area contributed by atoms with Gasteiger partial charge in [-0.05, 0) is 25.5 Å². The van der Waals surface area contributed by atoms with Crippen LogP contribution in [0.15, 0.2) is 18.2 Å². The minimum absolute atomic E-state index is 0.0947. The molecule has 1 aliphatic rings. The highest BCUT2D eigenvalue weighted by molar-refractivity contribution is 6.33. The topological polar surface area (TPSA) is 107 Å². The van der Waals surface area contributed by atoms with Crippen molar-refractivity contribution in [1.29, 1.82) is 0 Å². The molecule has 1 aromatic rings. The van der Waals surface area contributed by atoms with Crippen molar-refractivity contribution < 1.29 is 14.5 Å². The van der Waals surface area contributed by atoms with Gasteiger partial charge in [-0.2, -0.15) is 0 Å². The van der Waals surface area contributed by atoms with Crippen LogP contribution in [0.3, 0.4) is 0 Å². The normalized spacial score (nSPS) is 21.3. The Bertz CT molecular complexity index is 634. The van der Waals surface area contributed by atoms with Crippen molar-refractivity contribution in [2.75, 3.05) is 13.1 Å². The lowest BCUT2D eigenvalue weighted by Crippen LogP contribution is -2.38. The molecule has 0 aromatic heterocycles. The number of carbonyl (C=O) groups is 2. The Balaban J connectivity index is 2.20. The number of nitro benzene ring substituents is 1. The molecule has 0 radical (unpaired) electrons. The van der Waals surface area contributed by atoms with Crippen LogP contribution < -0.4 is 5.73 Å². The van der Waals surface area contributed by atoms with Crippen LogP contribution in [0, 0.1) is 15.5 Å². The maximum atomic E-state index is 12.3. The monoisotopic (exact) mass is 311 g/mol. The maximum Gasteiger partial charge on any atom is 0.287 e. The first-order valence-corrected chi connectivity index (χ1v) is 6.65. The number of benzene rings is 1. The Morgan fingerprint density at radius 1 is 1.48 bits per heavy atom. The molecule has 0 saturated carbocycles. The molecule has 112 valence electrons. The molecule has 1 atom stereocenters. The summed E-state index contributed by atoms with van der Waals surface area (Å²) in [7, 11) is 0. The zero-order valence-corrected chi connectivity index (χ0v) is 12.1. The second kappa shape index (κ2) is 5.33. The second-order valence-corrected chi connectivity index (χ2v) is 5.73. The summed E-state index contributed by atoms with van der Waals surface area (Å²) in [5, 5.41) is 10.6. The number of primary amides is 1. The van der Waals surface area contributed by atoms with Gasteiger partial charge in [-0.15, -0.1) is 0 Å². The van der Waals surface area contributed by atoms with Crippen LogP contribution in [-0.4, -0.2) is 34.7 Å². The van der Waals surface area contributed by atoms with Crippen molar-refractivity contribution in [2.24, 2.45) is 11.1 Å². The minimum Gasteiger partial charge on any atom is -0.369 e. The summed E-state index contributed by atoms with van der Waals surface area (Å²) < 4.78 is 0. The Morgan fingerprint density at radius 3 is 2.62 bits per heavy atom. The highest BCUT2D eigenvalue weighted by Gasteiger charge is 2.40. The molecule has 0 aliphatic carbocycles. The smallest absolute Gasteiger partial charge is 0.287 e. The Kier molecular flexibility index (Phi) is 3.87. The summed E-state index contributed by atoms with van der Waals surface area (Å²) in [5.41, 5.74) is 4.60. The van der Waals surface area contributed by atoms with Crippen molar-refractivity contribution in [1.82, 2.24) is 4.90 Å². The average Bonchev–Trinajstić information content (AvgIpc) is 2.81. The van der Waals surface area contributed by atoms with E-state index in [0.717, 1.165) is 0 Å². The zero-order valence-electron chi connectivity index (χ0n) is 11.3. The molecule has 8 heteroatoms. The van der Waals surface area contributed by atoms with E-state index in [1.165, 1.54) is 23.1 Å². The van der Waals surface area contributed by atoms with E-state index >= 15 is 0 Å². The number of nitrogens with zero attached hydrogens (tertiary/aromatic N) is 2. The molecular formula is C13H14ClN3O4. The molecule has 2 amide bonds. The standard InChI is InChI=1S/C13H14ClN3O4/c1-13(12(15)19)4-5-16(7-13)11(18)8-2-3-10(17(20)21)9(14)6-8/h2-3,6H,4-5,7H2,1H3,(H2,15,19). The van der Waals surface area contributed by atoms with E-state index in [1.54, 1.807) is 6.92 Å². The fourth-order valence-electron chi connectivity index (χ4n) is 2.31. The Labute approximate surface area is 125 Å². The van der Waals surface area contributed by atoms with Crippen LogP contribution in [0.2, 0.25) is 5.02 Å². The quantitative estimate of drug-likeness (QED) is 0.675. The predicted molar refractivity (Wildman–Crippen MR) is 75.9 cm³/mol. The summed E-state index contributed by atoms with van der Waals surface area (Å²) in [6.07, 6.45) is 0.495. The van der Waals surface area contributed by atoms with Crippen LogP contribution >= 0.6 is 11.6 Å². The van der Waals surface area contributed by atoms with Crippen molar-refractivity contribution in [3.8, 4) is 0 Å². The van der Waals surface area contributed by atoms with Gasteiger partial charge in [0.1, 0.15) is 5.02 Å². The molecule has 0 spiro atoms. The van der Waals surface area contributed by atoms with Crippen molar-refractivity contribution >= 4 is 29.1 Å². The zero-order chi connectivity index (χ0) is 15.8. The van der Waals surface area contributed by atoms with Crippen LogP contribution in [0.4, 0.5) is 5.69 Å². The summed E-state index contributed by atoms with van der Waals surface area (Å²) in [6.45, 7) is 2.36. The van der Waals surface area contributed by atoms with Crippen molar-refractivity contribution in [3.63, 3.8) is 0 Å². The predicted octanol–water partition coefficient (Wildman–Crippen LogP) is 1.59. The molecule has 1 unspecified atom stereocenters. The number of halogens is 1. The van der Waals surface area contributed by atoms with Gasteiger partial charge in [0.15, 0.2) is 0 Å². The molecule has 21 heavy (non-hydrogen) atoms. The molecule has 1 aliphatic heterocycles. The maximum absolute atomic E-state index is 12.3. The average molecular weight is 312 g/mol. The van der Waals surface area contributed by atoms with Crippen molar-refractivity contribution in [2.45, 2.75) is 13.3 Å². The first kappa shape index (κ1) is 15.2. The fourth-order valence-corrected chi connectivity index (χ4v) is 2.56. The van der Waals surface area contributed by atoms with Gasteiger partial charge in [-0.3, -0.25) is 19.7 Å². The number of amides is 2. The SMILES string of the molecule is CC1(C(N)=O)CCN(C(=O)c2ccc([N+](=O)[O-])c(Cl)c2)C1. The third kappa shape index (κ3) is 2.82. The molecule has 0 bridgehead atoms. The van der Waals surface area contributed by atoms with Crippen LogP contribution in [0.5, 0.6) is 0 Å². The first-order valence-electron chi connectivity index (χ1n) is 6.28. The van der Waals surface area contributed by atoms with E-state index in [4.69, 9.17) is 17.3 Å². The fraction of sp³-hybridized carbons (Fsp3) is 0.385. The van der Waals surface area contributed by atoms with Crippen molar-refractivity contribution in [3.05, 3.63) is 38.9 Å². The molecule has 7 nitrogen and oxygen atoms in total. The highest BCUT2D eigenvalue weighted by atomic mass is 35.5. The Hall–Kier alpha value is -2.15. The van der Waals surface area contributed by atoms with E-state index in [1.807, 2.05) is 0 Å². The molecule has 2 rings (SSSR count). The lowest BCUT2D eigenvalue weighted by Gasteiger charge is -2.21. The molecular weight excluding hydrogens is 298 g/mol. The summed E-state index contributed by atoms with van der Waals surface area (Å²) in [5.74, 6) is -0.767. The number of nitrogens with two attached hydrogens (primary N) is 1. The molecule has 1 fully saturated rings. The van der Waals surface area contributed by atoms with Gasteiger partial charge in [0.25, 0.3) is 11.6 Å². The number of nitro groups is 1. The third-order valence-corrected chi connectivity index (χ3v) is 4.05. The number of hydrogen-bond acceptors (Lipinski definition) is 4. The van der Waals surface area contributed by atoms with Gasteiger partial charge in [-0.25, -0.2) is 0 Å². The summed E-state index contributed by atoms with van der Waals surface area (Å²) >= 11 is 5.80. The summed E-state index contributed by atoms with van der Waals surface area (Å²) in [6, 6.07) is 3.81. The largest absolute Gasteiger partial charge is 0.369 e.